The summed E-state index contributed by atoms with van der Waals surface area (Å²) in [6.07, 6.45) is 0. The van der Waals surface area contributed by atoms with E-state index in [1.54, 1.807) is 18.2 Å². The molecule has 0 atom stereocenters. The minimum Gasteiger partial charge on any atom is -0.321 e. The summed E-state index contributed by atoms with van der Waals surface area (Å²) >= 11 is 11.9. The van der Waals surface area contributed by atoms with E-state index in [0.29, 0.717) is 10.7 Å². The molecule has 0 aliphatic rings. The van der Waals surface area contributed by atoms with Gasteiger partial charge in [0.1, 0.15) is 5.82 Å². The van der Waals surface area contributed by atoms with E-state index in [0.717, 1.165) is 24.3 Å². The van der Waals surface area contributed by atoms with Crippen LogP contribution < -0.4 is 10.0 Å². The zero-order chi connectivity index (χ0) is 20.3. The summed E-state index contributed by atoms with van der Waals surface area (Å²) in [5.74, 6) is -1.12. The number of halogens is 3. The van der Waals surface area contributed by atoms with Gasteiger partial charge in [0.2, 0.25) is 0 Å². The molecule has 144 valence electrons. The van der Waals surface area contributed by atoms with E-state index in [2.05, 4.69) is 10.0 Å². The Morgan fingerprint density at radius 2 is 1.57 bits per heavy atom. The highest BCUT2D eigenvalue weighted by molar-refractivity contribution is 7.92. The quantitative estimate of drug-likeness (QED) is 0.575. The van der Waals surface area contributed by atoms with E-state index < -0.39 is 21.7 Å². The number of hydrogen-bond acceptors (Lipinski definition) is 3. The lowest BCUT2D eigenvalue weighted by Gasteiger charge is -2.13. The average molecular weight is 439 g/mol. The first-order valence-corrected chi connectivity index (χ1v) is 10.1. The van der Waals surface area contributed by atoms with Crippen LogP contribution in [0.15, 0.2) is 71.6 Å². The Kier molecular flexibility index (Phi) is 5.88. The van der Waals surface area contributed by atoms with Gasteiger partial charge in [0.25, 0.3) is 15.9 Å². The largest absolute Gasteiger partial charge is 0.321 e. The van der Waals surface area contributed by atoms with Crippen LogP contribution in [0.4, 0.5) is 15.8 Å². The second-order valence-corrected chi connectivity index (χ2v) is 8.21. The van der Waals surface area contributed by atoms with Gasteiger partial charge in [0.05, 0.1) is 26.9 Å². The van der Waals surface area contributed by atoms with Crippen LogP contribution in [0.5, 0.6) is 0 Å². The molecular formula is C19H13Cl2FN2O3S. The fraction of sp³-hybridized carbons (Fsp3) is 0. The summed E-state index contributed by atoms with van der Waals surface area (Å²) in [6.45, 7) is 0. The third-order valence-electron chi connectivity index (χ3n) is 3.72. The van der Waals surface area contributed by atoms with Crippen LogP contribution in [0.1, 0.15) is 10.4 Å². The predicted molar refractivity (Wildman–Crippen MR) is 108 cm³/mol. The van der Waals surface area contributed by atoms with E-state index in [-0.39, 0.29) is 21.2 Å². The Bertz CT molecular complexity index is 1140. The monoisotopic (exact) mass is 438 g/mol. The molecular weight excluding hydrogens is 426 g/mol. The highest BCUT2D eigenvalue weighted by atomic mass is 35.5. The topological polar surface area (TPSA) is 75.3 Å². The highest BCUT2D eigenvalue weighted by Crippen LogP contribution is 2.27. The van der Waals surface area contributed by atoms with Crippen molar-refractivity contribution in [2.75, 3.05) is 10.0 Å². The molecule has 0 unspecified atom stereocenters. The van der Waals surface area contributed by atoms with Crippen LogP contribution in [0.3, 0.4) is 0 Å². The molecule has 0 aliphatic heterocycles. The van der Waals surface area contributed by atoms with E-state index >= 15 is 0 Å². The first-order valence-electron chi connectivity index (χ1n) is 7.90. The smallest absolute Gasteiger partial charge is 0.261 e. The maximum Gasteiger partial charge on any atom is 0.261 e. The molecule has 1 amide bonds. The van der Waals surface area contributed by atoms with Crippen molar-refractivity contribution in [2.45, 2.75) is 4.90 Å². The Labute approximate surface area is 171 Å². The number of carbonyl (C=O) groups excluding carboxylic acids is 1. The Morgan fingerprint density at radius 3 is 2.25 bits per heavy atom. The third-order valence-corrected chi connectivity index (χ3v) is 5.65. The molecule has 0 aliphatic carbocycles. The summed E-state index contributed by atoms with van der Waals surface area (Å²) in [5.41, 5.74) is 0.473. The molecule has 0 radical (unpaired) electrons. The molecule has 0 spiro atoms. The maximum absolute atomic E-state index is 13.0. The first-order chi connectivity index (χ1) is 13.3. The number of benzene rings is 3. The van der Waals surface area contributed by atoms with Gasteiger partial charge in [-0.1, -0.05) is 35.3 Å². The van der Waals surface area contributed by atoms with Crippen molar-refractivity contribution < 1.29 is 17.6 Å². The highest BCUT2D eigenvalue weighted by Gasteiger charge is 2.19. The standard InChI is InChI=1S/C19H13Cl2FN2O3S/c20-12-5-10-18(16(21)11-12)23-19(25)15-3-1-2-4-17(15)24-28(26,27)14-8-6-13(22)7-9-14/h1-11,24H,(H,23,25). The summed E-state index contributed by atoms with van der Waals surface area (Å²) in [6, 6.07) is 15.0. The molecule has 28 heavy (non-hydrogen) atoms. The van der Waals surface area contributed by atoms with Crippen molar-refractivity contribution >= 4 is 50.5 Å². The lowest BCUT2D eigenvalue weighted by molar-refractivity contribution is 0.102. The first kappa shape index (κ1) is 20.1. The van der Waals surface area contributed by atoms with Gasteiger partial charge in [-0.3, -0.25) is 9.52 Å². The minimum absolute atomic E-state index is 0.0643. The van der Waals surface area contributed by atoms with Crippen molar-refractivity contribution in [3.63, 3.8) is 0 Å². The van der Waals surface area contributed by atoms with Crippen molar-refractivity contribution in [1.29, 1.82) is 0 Å². The number of anilines is 2. The zero-order valence-electron chi connectivity index (χ0n) is 14.1. The van der Waals surface area contributed by atoms with Gasteiger partial charge in [-0.2, -0.15) is 0 Å². The third kappa shape index (κ3) is 4.62. The molecule has 0 bridgehead atoms. The molecule has 5 nitrogen and oxygen atoms in total. The van der Waals surface area contributed by atoms with Crippen LogP contribution in [0.2, 0.25) is 10.0 Å². The second kappa shape index (κ2) is 8.18. The number of amides is 1. The van der Waals surface area contributed by atoms with Gasteiger partial charge in [-0.15, -0.1) is 0 Å². The number of sulfonamides is 1. The SMILES string of the molecule is O=C(Nc1ccc(Cl)cc1Cl)c1ccccc1NS(=O)(=O)c1ccc(F)cc1. The van der Waals surface area contributed by atoms with E-state index in [4.69, 9.17) is 23.2 Å². The fourth-order valence-electron chi connectivity index (χ4n) is 2.37. The summed E-state index contributed by atoms with van der Waals surface area (Å²) < 4.78 is 40.5. The van der Waals surface area contributed by atoms with Gasteiger partial charge >= 0.3 is 0 Å². The van der Waals surface area contributed by atoms with Gasteiger partial charge in [0, 0.05) is 5.02 Å². The van der Waals surface area contributed by atoms with Crippen molar-refractivity contribution in [3.05, 3.63) is 88.2 Å². The molecule has 3 rings (SSSR count). The summed E-state index contributed by atoms with van der Waals surface area (Å²) in [5, 5.41) is 3.27. The lowest BCUT2D eigenvalue weighted by atomic mass is 10.1. The molecule has 3 aromatic carbocycles. The number of carbonyl (C=O) groups is 1. The molecule has 9 heteroatoms. The Balaban J connectivity index is 1.88. The van der Waals surface area contributed by atoms with Crippen LogP contribution in [0.25, 0.3) is 0 Å². The Hall–Kier alpha value is -2.61. The fourth-order valence-corrected chi connectivity index (χ4v) is 3.90. The van der Waals surface area contributed by atoms with Crippen LogP contribution >= 0.6 is 23.2 Å². The lowest BCUT2D eigenvalue weighted by Crippen LogP contribution is -2.18. The molecule has 0 saturated heterocycles. The normalized spacial score (nSPS) is 11.1. The van der Waals surface area contributed by atoms with Gasteiger partial charge < -0.3 is 5.32 Å². The predicted octanol–water partition coefficient (Wildman–Crippen LogP) is 5.19. The molecule has 2 N–H and O–H groups in total. The van der Waals surface area contributed by atoms with Gasteiger partial charge in [-0.05, 0) is 54.6 Å². The van der Waals surface area contributed by atoms with E-state index in [9.17, 15) is 17.6 Å². The van der Waals surface area contributed by atoms with Gasteiger partial charge in [0.15, 0.2) is 0 Å². The zero-order valence-corrected chi connectivity index (χ0v) is 16.4. The molecule has 0 fully saturated rings. The average Bonchev–Trinajstić information content (AvgIpc) is 2.64. The number of hydrogen-bond donors (Lipinski definition) is 2. The molecule has 0 aromatic heterocycles. The number of nitrogens with one attached hydrogen (secondary N) is 2. The summed E-state index contributed by atoms with van der Waals surface area (Å²) in [7, 11) is -4.01. The van der Waals surface area contributed by atoms with Crippen molar-refractivity contribution in [3.8, 4) is 0 Å². The minimum atomic E-state index is -4.01. The Morgan fingerprint density at radius 1 is 0.893 bits per heavy atom. The van der Waals surface area contributed by atoms with Gasteiger partial charge in [-0.25, -0.2) is 12.8 Å². The van der Waals surface area contributed by atoms with E-state index in [1.165, 1.54) is 24.3 Å². The van der Waals surface area contributed by atoms with Crippen molar-refractivity contribution in [2.24, 2.45) is 0 Å². The second-order valence-electron chi connectivity index (χ2n) is 5.68. The van der Waals surface area contributed by atoms with Crippen LogP contribution in [-0.4, -0.2) is 14.3 Å². The van der Waals surface area contributed by atoms with E-state index in [1.807, 2.05) is 0 Å². The number of rotatable bonds is 5. The molecule has 3 aromatic rings. The number of para-hydroxylation sites is 1. The summed E-state index contributed by atoms with van der Waals surface area (Å²) in [4.78, 5) is 12.5. The van der Waals surface area contributed by atoms with Crippen LogP contribution in [-0.2, 0) is 10.0 Å². The van der Waals surface area contributed by atoms with Crippen molar-refractivity contribution in [1.82, 2.24) is 0 Å². The molecule has 0 saturated carbocycles. The van der Waals surface area contributed by atoms with Crippen LogP contribution in [0, 0.1) is 5.82 Å². The maximum atomic E-state index is 13.0. The molecule has 0 heterocycles.